The molecule has 2 aromatic carbocycles. The molecule has 224 valence electrons. The molecule has 3 aromatic heterocycles. The Morgan fingerprint density at radius 3 is 2.44 bits per heavy atom. The van der Waals surface area contributed by atoms with Crippen molar-refractivity contribution in [3.63, 3.8) is 0 Å². The highest BCUT2D eigenvalue weighted by atomic mass is 19.3. The number of methoxy groups -OCH3 is 1. The Balaban J connectivity index is 1.39. The van der Waals surface area contributed by atoms with E-state index in [-0.39, 0.29) is 12.2 Å². The number of pyridine rings is 1. The minimum atomic E-state index is -4.25. The number of alkyl halides is 2. The van der Waals surface area contributed by atoms with E-state index in [1.54, 1.807) is 31.4 Å². The van der Waals surface area contributed by atoms with E-state index in [9.17, 15) is 18.7 Å². The summed E-state index contributed by atoms with van der Waals surface area (Å²) in [6, 6.07) is 10.9. The summed E-state index contributed by atoms with van der Waals surface area (Å²) in [5, 5.41) is 25.6. The van der Waals surface area contributed by atoms with E-state index in [2.05, 4.69) is 25.6 Å². The summed E-state index contributed by atoms with van der Waals surface area (Å²) in [5.41, 5.74) is -4.84. The van der Waals surface area contributed by atoms with Gasteiger partial charge in [-0.3, -0.25) is 4.98 Å². The summed E-state index contributed by atoms with van der Waals surface area (Å²) in [6.45, 7) is -0.0384. The highest BCUT2D eigenvalue weighted by Gasteiger charge is 2.58. The van der Waals surface area contributed by atoms with Gasteiger partial charge in [0.05, 0.1) is 31.6 Å². The molecule has 0 saturated heterocycles. The van der Waals surface area contributed by atoms with Gasteiger partial charge in [-0.1, -0.05) is 12.1 Å². The van der Waals surface area contributed by atoms with Crippen LogP contribution in [-0.2, 0) is 29.3 Å². The normalized spacial score (nSPS) is 13.2. The van der Waals surface area contributed by atoms with Gasteiger partial charge in [0.25, 0.3) is 0 Å². The first kappa shape index (κ1) is 29.5. The molecule has 0 bridgehead atoms. The van der Waals surface area contributed by atoms with Crippen LogP contribution in [0.25, 0.3) is 5.69 Å². The van der Waals surface area contributed by atoms with Gasteiger partial charge in [0.15, 0.2) is 5.60 Å². The van der Waals surface area contributed by atoms with Crippen molar-refractivity contribution in [3.05, 3.63) is 112 Å². The quantitative estimate of drug-likeness (QED) is 0.169. The zero-order valence-corrected chi connectivity index (χ0v) is 22.5. The monoisotopic (exact) mass is 600 g/mol. The molecule has 12 nitrogen and oxygen atoms in total. The largest absolute Gasteiger partial charge is 0.491 e. The van der Waals surface area contributed by atoms with Crippen LogP contribution in [0.4, 0.5) is 17.6 Å². The molecule has 5 aromatic rings. The van der Waals surface area contributed by atoms with Gasteiger partial charge < -0.3 is 14.6 Å². The molecule has 0 radical (unpaired) electrons. The number of tetrazole rings is 1. The number of hydrogen-bond donors (Lipinski definition) is 1. The number of aliphatic hydroxyl groups is 1. The zero-order valence-electron chi connectivity index (χ0n) is 22.5. The summed E-state index contributed by atoms with van der Waals surface area (Å²) < 4.78 is 73.8. The first-order valence-corrected chi connectivity index (χ1v) is 12.7. The number of ether oxygens (including phenoxy) is 2. The van der Waals surface area contributed by atoms with Gasteiger partial charge in [0.1, 0.15) is 42.3 Å². The Morgan fingerprint density at radius 1 is 1.00 bits per heavy atom. The van der Waals surface area contributed by atoms with Crippen LogP contribution in [0.2, 0.25) is 0 Å². The van der Waals surface area contributed by atoms with Crippen LogP contribution in [0, 0.1) is 11.6 Å². The molecule has 16 heteroatoms. The van der Waals surface area contributed by atoms with E-state index >= 15 is 8.78 Å². The summed E-state index contributed by atoms with van der Waals surface area (Å²) in [5.74, 6) is -6.04. The molecule has 0 aliphatic rings. The van der Waals surface area contributed by atoms with Crippen molar-refractivity contribution >= 4 is 0 Å². The molecule has 0 aliphatic carbocycles. The van der Waals surface area contributed by atoms with Gasteiger partial charge in [-0.15, -0.1) is 5.10 Å². The van der Waals surface area contributed by atoms with Crippen molar-refractivity contribution in [1.82, 2.24) is 39.5 Å². The van der Waals surface area contributed by atoms with Gasteiger partial charge in [0, 0.05) is 18.7 Å². The molecule has 3 heterocycles. The van der Waals surface area contributed by atoms with Gasteiger partial charge in [-0.25, -0.2) is 27.5 Å². The molecule has 0 spiro atoms. The van der Waals surface area contributed by atoms with Crippen LogP contribution in [0.5, 0.6) is 5.75 Å². The van der Waals surface area contributed by atoms with E-state index in [4.69, 9.17) is 9.47 Å². The highest BCUT2D eigenvalue weighted by molar-refractivity contribution is 5.35. The molecule has 1 atom stereocenters. The van der Waals surface area contributed by atoms with Crippen LogP contribution >= 0.6 is 0 Å². The number of hydrogen-bond acceptors (Lipinski definition) is 9. The summed E-state index contributed by atoms with van der Waals surface area (Å²) in [4.78, 5) is 16.8. The Bertz CT molecular complexity index is 1730. The van der Waals surface area contributed by atoms with Crippen molar-refractivity contribution in [2.75, 3.05) is 20.3 Å². The Kier molecular flexibility index (Phi) is 8.31. The number of aromatic nitrogens is 8. The van der Waals surface area contributed by atoms with Gasteiger partial charge in [-0.05, 0) is 52.4 Å². The predicted octanol–water partition coefficient (Wildman–Crippen LogP) is 2.45. The molecule has 5 rings (SSSR count). The lowest BCUT2D eigenvalue weighted by Gasteiger charge is -2.35. The lowest BCUT2D eigenvalue weighted by atomic mass is 9.84. The Morgan fingerprint density at radius 2 is 1.79 bits per heavy atom. The van der Waals surface area contributed by atoms with Crippen molar-refractivity contribution in [1.29, 1.82) is 0 Å². The molecule has 0 saturated carbocycles. The van der Waals surface area contributed by atoms with Crippen LogP contribution < -0.4 is 10.4 Å². The Labute approximate surface area is 240 Å². The lowest BCUT2D eigenvalue weighted by Crippen LogP contribution is -2.48. The molecular weight excluding hydrogens is 576 g/mol. The van der Waals surface area contributed by atoms with E-state index in [1.165, 1.54) is 17.1 Å². The maximum Gasteiger partial charge on any atom is 0.350 e. The second-order valence-corrected chi connectivity index (χ2v) is 9.39. The summed E-state index contributed by atoms with van der Waals surface area (Å²) in [7, 11) is 1.57. The molecule has 43 heavy (non-hydrogen) atoms. The number of benzene rings is 2. The minimum Gasteiger partial charge on any atom is -0.491 e. The van der Waals surface area contributed by atoms with E-state index in [0.717, 1.165) is 39.5 Å². The lowest BCUT2D eigenvalue weighted by molar-refractivity contribution is -0.207. The average Bonchev–Trinajstić information content (AvgIpc) is 3.63. The molecular formula is C27H24F4N8O4. The fourth-order valence-electron chi connectivity index (χ4n) is 4.32. The first-order chi connectivity index (χ1) is 20.6. The smallest absolute Gasteiger partial charge is 0.350 e. The van der Waals surface area contributed by atoms with Gasteiger partial charge in [0.2, 0.25) is 0 Å². The number of nitrogens with zero attached hydrogens (tertiary/aromatic N) is 8. The maximum atomic E-state index is 16.0. The topological polar surface area (TPSA) is 135 Å². The van der Waals surface area contributed by atoms with Crippen molar-refractivity contribution in [2.24, 2.45) is 0 Å². The maximum absolute atomic E-state index is 16.0. The molecule has 0 aliphatic heterocycles. The third kappa shape index (κ3) is 6.00. The average molecular weight is 601 g/mol. The van der Waals surface area contributed by atoms with Crippen molar-refractivity contribution < 1.29 is 32.1 Å². The summed E-state index contributed by atoms with van der Waals surface area (Å²) >= 11 is 0. The zero-order chi connectivity index (χ0) is 30.6. The third-order valence-corrected chi connectivity index (χ3v) is 6.57. The van der Waals surface area contributed by atoms with Gasteiger partial charge in [-0.2, -0.15) is 13.9 Å². The molecule has 1 unspecified atom stereocenters. The van der Waals surface area contributed by atoms with Crippen LogP contribution in [0.15, 0.2) is 78.2 Å². The van der Waals surface area contributed by atoms with E-state index in [1.807, 2.05) is 0 Å². The number of halogens is 4. The third-order valence-electron chi connectivity index (χ3n) is 6.57. The van der Waals surface area contributed by atoms with Crippen LogP contribution in [0.3, 0.4) is 0 Å². The van der Waals surface area contributed by atoms with Gasteiger partial charge >= 0.3 is 11.6 Å². The van der Waals surface area contributed by atoms with Crippen LogP contribution in [0.1, 0.15) is 16.8 Å². The fraction of sp³-hybridized carbons (Fsp3) is 0.259. The molecule has 1 N–H and O–H groups in total. The number of rotatable bonds is 12. The first-order valence-electron chi connectivity index (χ1n) is 12.7. The van der Waals surface area contributed by atoms with E-state index < -0.39 is 46.6 Å². The highest BCUT2D eigenvalue weighted by Crippen LogP contribution is 2.46. The Hall–Kier alpha value is -4.96. The predicted molar refractivity (Wildman–Crippen MR) is 140 cm³/mol. The molecule has 0 amide bonds. The van der Waals surface area contributed by atoms with E-state index in [0.29, 0.717) is 31.1 Å². The van der Waals surface area contributed by atoms with Crippen LogP contribution in [-0.4, -0.2) is 65.0 Å². The standard InChI is InChI=1S/C27H24F4N8O4/c1-42-10-11-43-21-6-2-18(3-7-21)14-39-25(40)38(17-34-39)20-5-9-24(32-13-20)27(30,31)26(41,15-37-16-33-35-36-37)22-8-4-19(28)12-23(22)29/h2-9,12-13,16-17,41H,10-11,14-15H2,1H3. The summed E-state index contributed by atoms with van der Waals surface area (Å²) in [6.07, 6.45) is 3.15. The second-order valence-electron chi connectivity index (χ2n) is 9.39. The van der Waals surface area contributed by atoms with Crippen molar-refractivity contribution in [2.45, 2.75) is 24.6 Å². The van der Waals surface area contributed by atoms with Crippen molar-refractivity contribution in [3.8, 4) is 11.4 Å². The minimum absolute atomic E-state index is 0.106. The second kappa shape index (κ2) is 12.1. The SMILES string of the molecule is COCCOc1ccc(Cn2ncn(-c3ccc(C(F)(F)C(O)(Cn4cnnn4)c4ccc(F)cc4F)nc3)c2=O)cc1. The fourth-order valence-corrected chi connectivity index (χ4v) is 4.32. The molecule has 0 fully saturated rings.